The zero-order chi connectivity index (χ0) is 15.6. The lowest BCUT2D eigenvalue weighted by Crippen LogP contribution is -2.09. The van der Waals surface area contributed by atoms with E-state index in [1.54, 1.807) is 6.92 Å². The molecule has 5 nitrogen and oxygen atoms in total. The van der Waals surface area contributed by atoms with Gasteiger partial charge in [-0.1, -0.05) is 12.1 Å². The number of rotatable bonds is 3. The summed E-state index contributed by atoms with van der Waals surface area (Å²) >= 11 is 0. The van der Waals surface area contributed by atoms with Gasteiger partial charge in [0.05, 0.1) is 16.9 Å². The first kappa shape index (κ1) is 14.9. The fourth-order valence-electron chi connectivity index (χ4n) is 1.68. The van der Waals surface area contributed by atoms with E-state index < -0.39 is 11.7 Å². The molecular formula is C13H14F3N5. The molecule has 0 aliphatic rings. The van der Waals surface area contributed by atoms with Crippen molar-refractivity contribution in [1.82, 2.24) is 9.97 Å². The van der Waals surface area contributed by atoms with Gasteiger partial charge in [0.1, 0.15) is 0 Å². The average Bonchev–Trinajstić information content (AvgIpc) is 2.42. The van der Waals surface area contributed by atoms with E-state index in [0.717, 1.165) is 12.1 Å². The van der Waals surface area contributed by atoms with Gasteiger partial charge in [-0.25, -0.2) is 4.98 Å². The second-order valence-electron chi connectivity index (χ2n) is 4.48. The van der Waals surface area contributed by atoms with Gasteiger partial charge >= 0.3 is 6.18 Å². The SMILES string of the molecule is Cc1nc(NCc2ccc(C(F)(F)F)cc2)nc(N)c1N. The Balaban J connectivity index is 2.07. The predicted molar refractivity (Wildman–Crippen MR) is 74.4 cm³/mol. The van der Waals surface area contributed by atoms with Gasteiger partial charge in [0, 0.05) is 6.54 Å². The molecule has 0 aliphatic carbocycles. The minimum atomic E-state index is -4.34. The lowest BCUT2D eigenvalue weighted by atomic mass is 10.1. The molecule has 2 rings (SSSR count). The summed E-state index contributed by atoms with van der Waals surface area (Å²) in [7, 11) is 0. The number of alkyl halides is 3. The Morgan fingerprint density at radius 1 is 1.10 bits per heavy atom. The van der Waals surface area contributed by atoms with Crippen LogP contribution in [0.4, 0.5) is 30.6 Å². The molecule has 8 heteroatoms. The molecule has 0 aliphatic heterocycles. The number of hydrogen-bond donors (Lipinski definition) is 3. The highest BCUT2D eigenvalue weighted by Crippen LogP contribution is 2.29. The lowest BCUT2D eigenvalue weighted by Gasteiger charge is -2.10. The number of hydrogen-bond acceptors (Lipinski definition) is 5. The van der Waals surface area contributed by atoms with E-state index in [4.69, 9.17) is 11.5 Å². The van der Waals surface area contributed by atoms with Crippen LogP contribution in [0.2, 0.25) is 0 Å². The topological polar surface area (TPSA) is 89.8 Å². The Hall–Kier alpha value is -2.51. The zero-order valence-corrected chi connectivity index (χ0v) is 11.2. The third-order valence-electron chi connectivity index (χ3n) is 2.90. The molecule has 0 atom stereocenters. The fraction of sp³-hybridized carbons (Fsp3) is 0.231. The van der Waals surface area contributed by atoms with Crippen LogP contribution in [-0.4, -0.2) is 9.97 Å². The van der Waals surface area contributed by atoms with Crippen molar-refractivity contribution in [3.63, 3.8) is 0 Å². The smallest absolute Gasteiger partial charge is 0.394 e. The molecule has 0 spiro atoms. The number of benzene rings is 1. The number of anilines is 3. The molecule has 112 valence electrons. The molecule has 0 bridgehead atoms. The Morgan fingerprint density at radius 3 is 2.24 bits per heavy atom. The summed E-state index contributed by atoms with van der Waals surface area (Å²) in [6, 6.07) is 4.84. The monoisotopic (exact) mass is 297 g/mol. The number of halogens is 3. The summed E-state index contributed by atoms with van der Waals surface area (Å²) in [6.07, 6.45) is -4.34. The minimum absolute atomic E-state index is 0.164. The molecule has 1 aromatic heterocycles. The number of aryl methyl sites for hydroxylation is 1. The van der Waals surface area contributed by atoms with Crippen LogP contribution in [0.3, 0.4) is 0 Å². The van der Waals surface area contributed by atoms with Crippen molar-refractivity contribution < 1.29 is 13.2 Å². The molecule has 2 aromatic rings. The van der Waals surface area contributed by atoms with Gasteiger partial charge in [0.2, 0.25) is 5.95 Å². The number of nitrogens with zero attached hydrogens (tertiary/aromatic N) is 2. The molecule has 0 unspecified atom stereocenters. The minimum Gasteiger partial charge on any atom is -0.394 e. The normalized spacial score (nSPS) is 11.4. The molecule has 0 fully saturated rings. The first-order valence-electron chi connectivity index (χ1n) is 6.07. The van der Waals surface area contributed by atoms with Crippen molar-refractivity contribution in [2.75, 3.05) is 16.8 Å². The summed E-state index contributed by atoms with van der Waals surface area (Å²) in [5, 5.41) is 2.89. The first-order chi connectivity index (χ1) is 9.77. The molecule has 0 amide bonds. The average molecular weight is 297 g/mol. The quantitative estimate of drug-likeness (QED) is 0.810. The van der Waals surface area contributed by atoms with Crippen LogP contribution in [0.25, 0.3) is 0 Å². The predicted octanol–water partition coefficient (Wildman–Crippen LogP) is 2.58. The molecule has 0 saturated carbocycles. The molecule has 0 saturated heterocycles. The lowest BCUT2D eigenvalue weighted by molar-refractivity contribution is -0.137. The van der Waals surface area contributed by atoms with Crippen molar-refractivity contribution >= 4 is 17.5 Å². The standard InChI is InChI=1S/C13H14F3N5/c1-7-10(17)11(18)21-12(20-7)19-6-8-2-4-9(5-3-8)13(14,15)16/h2-5H,6,17H2,1H3,(H3,18,19,20,21). The summed E-state index contributed by atoms with van der Waals surface area (Å²) in [5.41, 5.74) is 12.1. The number of nitrogen functional groups attached to an aromatic ring is 2. The Bertz CT molecular complexity index is 614. The van der Waals surface area contributed by atoms with Crippen LogP contribution in [0.15, 0.2) is 24.3 Å². The Morgan fingerprint density at radius 2 is 1.71 bits per heavy atom. The third-order valence-corrected chi connectivity index (χ3v) is 2.90. The van der Waals surface area contributed by atoms with Crippen molar-refractivity contribution in [2.24, 2.45) is 0 Å². The first-order valence-corrected chi connectivity index (χ1v) is 6.07. The van der Waals surface area contributed by atoms with E-state index in [2.05, 4.69) is 15.3 Å². The number of nitrogens with one attached hydrogen (secondary N) is 1. The van der Waals surface area contributed by atoms with Gasteiger partial charge in [-0.3, -0.25) is 0 Å². The molecule has 0 radical (unpaired) electrons. The molecule has 1 aromatic carbocycles. The van der Waals surface area contributed by atoms with Crippen molar-refractivity contribution in [3.05, 3.63) is 41.1 Å². The van der Waals surface area contributed by atoms with Crippen LogP contribution in [0.1, 0.15) is 16.8 Å². The van der Waals surface area contributed by atoms with E-state index in [9.17, 15) is 13.2 Å². The van der Waals surface area contributed by atoms with Gasteiger partial charge in [0.25, 0.3) is 0 Å². The van der Waals surface area contributed by atoms with Gasteiger partial charge in [-0.15, -0.1) is 0 Å². The number of aromatic nitrogens is 2. The second-order valence-corrected chi connectivity index (χ2v) is 4.48. The summed E-state index contributed by atoms with van der Waals surface area (Å²) in [5.74, 6) is 0.441. The Labute approximate surface area is 119 Å². The van der Waals surface area contributed by atoms with Gasteiger partial charge in [-0.2, -0.15) is 18.2 Å². The molecular weight excluding hydrogens is 283 g/mol. The number of nitrogens with two attached hydrogens (primary N) is 2. The third kappa shape index (κ3) is 3.53. The van der Waals surface area contributed by atoms with Crippen LogP contribution < -0.4 is 16.8 Å². The van der Waals surface area contributed by atoms with Gasteiger partial charge in [-0.05, 0) is 24.6 Å². The van der Waals surface area contributed by atoms with E-state index in [1.165, 1.54) is 12.1 Å². The summed E-state index contributed by atoms with van der Waals surface area (Å²) < 4.78 is 37.3. The van der Waals surface area contributed by atoms with E-state index in [-0.39, 0.29) is 18.3 Å². The van der Waals surface area contributed by atoms with E-state index in [1.807, 2.05) is 0 Å². The van der Waals surface area contributed by atoms with Gasteiger partial charge < -0.3 is 16.8 Å². The zero-order valence-electron chi connectivity index (χ0n) is 11.2. The highest BCUT2D eigenvalue weighted by atomic mass is 19.4. The van der Waals surface area contributed by atoms with Crippen LogP contribution in [0.5, 0.6) is 0 Å². The van der Waals surface area contributed by atoms with Gasteiger partial charge in [0.15, 0.2) is 5.82 Å². The molecule has 1 heterocycles. The fourth-order valence-corrected chi connectivity index (χ4v) is 1.68. The molecule has 5 N–H and O–H groups in total. The van der Waals surface area contributed by atoms with E-state index in [0.29, 0.717) is 16.9 Å². The van der Waals surface area contributed by atoms with Crippen LogP contribution in [0, 0.1) is 6.92 Å². The molecule has 21 heavy (non-hydrogen) atoms. The van der Waals surface area contributed by atoms with E-state index >= 15 is 0 Å². The largest absolute Gasteiger partial charge is 0.416 e. The van der Waals surface area contributed by atoms with Crippen LogP contribution >= 0.6 is 0 Å². The maximum atomic E-state index is 12.4. The second kappa shape index (κ2) is 5.47. The van der Waals surface area contributed by atoms with Crippen molar-refractivity contribution in [1.29, 1.82) is 0 Å². The van der Waals surface area contributed by atoms with Crippen molar-refractivity contribution in [2.45, 2.75) is 19.6 Å². The Kier molecular flexibility index (Phi) is 3.88. The maximum absolute atomic E-state index is 12.4. The van der Waals surface area contributed by atoms with Crippen molar-refractivity contribution in [3.8, 4) is 0 Å². The highest BCUT2D eigenvalue weighted by Gasteiger charge is 2.29. The summed E-state index contributed by atoms with van der Waals surface area (Å²) in [4.78, 5) is 8.05. The maximum Gasteiger partial charge on any atom is 0.416 e. The summed E-state index contributed by atoms with van der Waals surface area (Å²) in [6.45, 7) is 1.97. The highest BCUT2D eigenvalue weighted by molar-refractivity contribution is 5.62. The van der Waals surface area contributed by atoms with Crippen LogP contribution in [-0.2, 0) is 12.7 Å².